The molecule has 1 heterocycles. The number of benzene rings is 2. The van der Waals surface area contributed by atoms with Crippen LogP contribution in [0.25, 0.3) is 0 Å². The van der Waals surface area contributed by atoms with Gasteiger partial charge >= 0.3 is 0 Å². The zero-order valence-electron chi connectivity index (χ0n) is 21.1. The minimum absolute atomic E-state index is 0.122. The second-order valence-corrected chi connectivity index (χ2v) is 9.97. The summed E-state index contributed by atoms with van der Waals surface area (Å²) in [5, 5.41) is 2.88. The van der Waals surface area contributed by atoms with E-state index in [1.54, 1.807) is 6.07 Å². The fourth-order valence-electron chi connectivity index (χ4n) is 5.63. The number of hydrogen-bond donors (Lipinski definition) is 1. The molecule has 2 aromatic carbocycles. The van der Waals surface area contributed by atoms with Crippen LogP contribution < -0.4 is 10.1 Å². The van der Waals surface area contributed by atoms with Crippen LogP contribution in [0.4, 0.5) is 5.69 Å². The summed E-state index contributed by atoms with van der Waals surface area (Å²) in [6.45, 7) is 3.90. The van der Waals surface area contributed by atoms with E-state index in [1.807, 2.05) is 57.3 Å². The molecule has 186 valence electrons. The summed E-state index contributed by atoms with van der Waals surface area (Å²) in [7, 11) is 1.99. The summed E-state index contributed by atoms with van der Waals surface area (Å²) in [6, 6.07) is 13.3. The van der Waals surface area contributed by atoms with Gasteiger partial charge in [0.1, 0.15) is 5.75 Å². The topological polar surface area (TPSA) is 75.7 Å². The van der Waals surface area contributed by atoms with Crippen LogP contribution >= 0.6 is 0 Å². The second kappa shape index (κ2) is 9.76. The van der Waals surface area contributed by atoms with Crippen LogP contribution in [-0.4, -0.2) is 36.0 Å². The van der Waals surface area contributed by atoms with E-state index >= 15 is 0 Å². The molecule has 0 spiro atoms. The summed E-state index contributed by atoms with van der Waals surface area (Å²) in [5.74, 6) is 0.161. The summed E-state index contributed by atoms with van der Waals surface area (Å²) in [5.41, 5.74) is 7.46. The van der Waals surface area contributed by atoms with Gasteiger partial charge in [0.2, 0.25) is 0 Å². The molecule has 0 aromatic heterocycles. The lowest BCUT2D eigenvalue weighted by molar-refractivity contribution is -0.118. The van der Waals surface area contributed by atoms with E-state index in [0.717, 1.165) is 65.0 Å². The molecule has 36 heavy (non-hydrogen) atoms. The van der Waals surface area contributed by atoms with Crippen molar-refractivity contribution in [3.05, 3.63) is 81.7 Å². The number of ketones is 2. The summed E-state index contributed by atoms with van der Waals surface area (Å²) < 4.78 is 5.85. The maximum absolute atomic E-state index is 13.2. The van der Waals surface area contributed by atoms with Crippen molar-refractivity contribution in [2.75, 3.05) is 19.0 Å². The maximum Gasteiger partial charge on any atom is 0.262 e. The number of ether oxygens (including phenoxy) is 1. The van der Waals surface area contributed by atoms with Crippen LogP contribution in [0, 0.1) is 13.8 Å². The molecule has 0 saturated carbocycles. The number of anilines is 1. The Hall–Kier alpha value is -3.67. The average Bonchev–Trinajstić information content (AvgIpc) is 2.86. The first-order valence-corrected chi connectivity index (χ1v) is 12.7. The monoisotopic (exact) mass is 484 g/mol. The van der Waals surface area contributed by atoms with Gasteiger partial charge in [-0.25, -0.2) is 0 Å². The molecule has 1 N–H and O–H groups in total. The molecule has 1 amide bonds. The highest BCUT2D eigenvalue weighted by Gasteiger charge is 2.42. The number of Topliss-reactive ketones (excluding diaryl/α,β-unsaturated/α-hetero) is 2. The Morgan fingerprint density at radius 3 is 2.22 bits per heavy atom. The van der Waals surface area contributed by atoms with Crippen LogP contribution in [-0.2, 0) is 14.4 Å². The predicted molar refractivity (Wildman–Crippen MR) is 139 cm³/mol. The number of hydrogen-bond acceptors (Lipinski definition) is 5. The molecule has 0 bridgehead atoms. The molecular weight excluding hydrogens is 452 g/mol. The third-order valence-electron chi connectivity index (χ3n) is 7.60. The molecular formula is C30H32N2O4. The highest BCUT2D eigenvalue weighted by Crippen LogP contribution is 2.48. The number of carbonyl (C=O) groups excluding carboxylic acids is 3. The van der Waals surface area contributed by atoms with Gasteiger partial charge in [-0.05, 0) is 80.5 Å². The van der Waals surface area contributed by atoms with Gasteiger partial charge in [-0.1, -0.05) is 18.2 Å². The lowest BCUT2D eigenvalue weighted by Gasteiger charge is -2.42. The van der Waals surface area contributed by atoms with Gasteiger partial charge in [-0.3, -0.25) is 14.4 Å². The number of carbonyl (C=O) groups is 3. The fraction of sp³-hybridized carbons (Fsp3) is 0.367. The normalized spacial score (nSPS) is 18.2. The van der Waals surface area contributed by atoms with Crippen molar-refractivity contribution in [2.24, 2.45) is 0 Å². The number of nitrogens with zero attached hydrogens (tertiary/aromatic N) is 1. The standard InChI is InChI=1S/C30H32N2O4/c1-18-13-14-21(15-19(18)2)31-27(35)17-36-22-8-4-7-20(16-22)28-29-23(9-5-11-25(29)33)32(3)24-10-6-12-26(34)30(24)28/h4,7-8,13-16,28H,5-6,9-12,17H2,1-3H3,(H,31,35). The molecule has 6 heteroatoms. The third-order valence-corrected chi connectivity index (χ3v) is 7.60. The van der Waals surface area contributed by atoms with Crippen molar-refractivity contribution >= 4 is 23.2 Å². The molecule has 1 aliphatic heterocycles. The summed E-state index contributed by atoms with van der Waals surface area (Å²) in [4.78, 5) is 40.9. The Balaban J connectivity index is 1.40. The molecule has 0 saturated heterocycles. The molecule has 0 radical (unpaired) electrons. The van der Waals surface area contributed by atoms with Crippen molar-refractivity contribution in [2.45, 2.75) is 58.3 Å². The first-order valence-electron chi connectivity index (χ1n) is 12.7. The van der Waals surface area contributed by atoms with Gasteiger partial charge < -0.3 is 15.0 Å². The first kappa shape index (κ1) is 24.0. The zero-order valence-corrected chi connectivity index (χ0v) is 21.1. The molecule has 3 aliphatic rings. The van der Waals surface area contributed by atoms with Crippen LogP contribution in [0.1, 0.15) is 61.1 Å². The van der Waals surface area contributed by atoms with Crippen molar-refractivity contribution in [1.82, 2.24) is 4.90 Å². The molecule has 5 rings (SSSR count). The lowest BCUT2D eigenvalue weighted by atomic mass is 9.71. The first-order chi connectivity index (χ1) is 17.3. The smallest absolute Gasteiger partial charge is 0.262 e. The van der Waals surface area contributed by atoms with Crippen molar-refractivity contribution < 1.29 is 19.1 Å². The van der Waals surface area contributed by atoms with E-state index < -0.39 is 0 Å². The van der Waals surface area contributed by atoms with Crippen molar-refractivity contribution in [3.8, 4) is 5.75 Å². The molecule has 0 unspecified atom stereocenters. The number of allylic oxidation sites excluding steroid dienone is 4. The number of aryl methyl sites for hydroxylation is 2. The predicted octanol–water partition coefficient (Wildman–Crippen LogP) is 5.36. The zero-order chi connectivity index (χ0) is 25.4. The molecule has 0 atom stereocenters. The SMILES string of the molecule is Cc1ccc(NC(=O)COc2cccc(C3C4=C(CCCC4=O)N(C)C4=C3C(=O)CCC4)c2)cc1C. The Morgan fingerprint density at radius 2 is 1.58 bits per heavy atom. The van der Waals surface area contributed by atoms with E-state index in [1.165, 1.54) is 5.56 Å². The third kappa shape index (κ3) is 4.48. The van der Waals surface area contributed by atoms with Gasteiger partial charge in [0.25, 0.3) is 5.91 Å². The highest BCUT2D eigenvalue weighted by atomic mass is 16.5. The van der Waals surface area contributed by atoms with Crippen LogP contribution in [0.3, 0.4) is 0 Å². The van der Waals surface area contributed by atoms with E-state index in [-0.39, 0.29) is 30.0 Å². The van der Waals surface area contributed by atoms with Gasteiger partial charge in [-0.2, -0.15) is 0 Å². The largest absolute Gasteiger partial charge is 0.484 e. The van der Waals surface area contributed by atoms with Crippen LogP contribution in [0.2, 0.25) is 0 Å². The quantitative estimate of drug-likeness (QED) is 0.618. The van der Waals surface area contributed by atoms with Crippen molar-refractivity contribution in [3.63, 3.8) is 0 Å². The van der Waals surface area contributed by atoms with Gasteiger partial charge in [0.15, 0.2) is 18.2 Å². The Kier molecular flexibility index (Phi) is 6.52. The van der Waals surface area contributed by atoms with Crippen LogP contribution in [0.5, 0.6) is 5.75 Å². The number of rotatable bonds is 5. The van der Waals surface area contributed by atoms with Gasteiger partial charge in [0, 0.05) is 54.0 Å². The maximum atomic E-state index is 13.2. The minimum Gasteiger partial charge on any atom is -0.484 e. The Morgan fingerprint density at radius 1 is 0.917 bits per heavy atom. The van der Waals surface area contributed by atoms with E-state index in [0.29, 0.717) is 18.6 Å². The van der Waals surface area contributed by atoms with Crippen molar-refractivity contribution in [1.29, 1.82) is 0 Å². The average molecular weight is 485 g/mol. The Bertz CT molecular complexity index is 1280. The minimum atomic E-state index is -0.375. The van der Waals surface area contributed by atoms with E-state index in [4.69, 9.17) is 4.74 Å². The summed E-state index contributed by atoms with van der Waals surface area (Å²) in [6.07, 6.45) is 4.37. The summed E-state index contributed by atoms with van der Waals surface area (Å²) >= 11 is 0. The van der Waals surface area contributed by atoms with Gasteiger partial charge in [-0.15, -0.1) is 0 Å². The molecule has 2 aromatic rings. The molecule has 2 aliphatic carbocycles. The lowest BCUT2D eigenvalue weighted by Crippen LogP contribution is -2.37. The molecule has 0 fully saturated rings. The second-order valence-electron chi connectivity index (χ2n) is 9.97. The van der Waals surface area contributed by atoms with E-state index in [9.17, 15) is 14.4 Å². The highest BCUT2D eigenvalue weighted by molar-refractivity contribution is 6.06. The number of amides is 1. The van der Waals surface area contributed by atoms with Crippen LogP contribution in [0.15, 0.2) is 65.0 Å². The molecule has 6 nitrogen and oxygen atoms in total. The fourth-order valence-corrected chi connectivity index (χ4v) is 5.63. The van der Waals surface area contributed by atoms with E-state index in [2.05, 4.69) is 10.2 Å². The van der Waals surface area contributed by atoms with Gasteiger partial charge in [0.05, 0.1) is 0 Å². The number of nitrogens with one attached hydrogen (secondary N) is 1. The Labute approximate surface area is 212 Å².